The van der Waals surface area contributed by atoms with Crippen LogP contribution in [0.2, 0.25) is 0 Å². The van der Waals surface area contributed by atoms with Gasteiger partial charge in [-0.1, -0.05) is 12.1 Å². The first-order valence-corrected chi connectivity index (χ1v) is 6.74. The van der Waals surface area contributed by atoms with E-state index in [-0.39, 0.29) is 0 Å². The molecule has 1 aromatic carbocycles. The van der Waals surface area contributed by atoms with Gasteiger partial charge in [0.2, 0.25) is 0 Å². The van der Waals surface area contributed by atoms with Crippen molar-refractivity contribution in [2.45, 2.75) is 24.4 Å². The van der Waals surface area contributed by atoms with Gasteiger partial charge in [-0.05, 0) is 29.9 Å². The van der Waals surface area contributed by atoms with E-state index in [1.165, 1.54) is 10.5 Å². The number of thioether (sulfide) groups is 1. The number of hydrogen-bond acceptors (Lipinski definition) is 3. The van der Waals surface area contributed by atoms with Gasteiger partial charge in [0.25, 0.3) is 0 Å². The fraction of sp³-hybridized carbons (Fsp3) is 0.308. The Bertz CT molecular complexity index is 440. The molecule has 2 rings (SSSR count). The van der Waals surface area contributed by atoms with Crippen LogP contribution < -0.4 is 5.73 Å². The summed E-state index contributed by atoms with van der Waals surface area (Å²) in [4.78, 5) is 5.33. The van der Waals surface area contributed by atoms with Gasteiger partial charge in [0, 0.05) is 30.4 Å². The van der Waals surface area contributed by atoms with Gasteiger partial charge in [-0.25, -0.2) is 4.98 Å². The van der Waals surface area contributed by atoms with Gasteiger partial charge < -0.3 is 10.3 Å². The molecule has 2 N–H and O–H groups in total. The van der Waals surface area contributed by atoms with E-state index < -0.39 is 0 Å². The van der Waals surface area contributed by atoms with Gasteiger partial charge in [0.1, 0.15) is 0 Å². The lowest BCUT2D eigenvalue weighted by atomic mass is 10.2. The van der Waals surface area contributed by atoms with Crippen molar-refractivity contribution in [2.24, 2.45) is 5.73 Å². The molecular formula is C13H17N3S. The van der Waals surface area contributed by atoms with E-state index in [0.29, 0.717) is 6.54 Å². The van der Waals surface area contributed by atoms with Crippen molar-refractivity contribution in [3.63, 3.8) is 0 Å². The van der Waals surface area contributed by atoms with Crippen LogP contribution in [0.5, 0.6) is 0 Å². The van der Waals surface area contributed by atoms with Crippen molar-refractivity contribution < 1.29 is 0 Å². The highest BCUT2D eigenvalue weighted by molar-refractivity contribution is 7.99. The third-order valence-corrected chi connectivity index (χ3v) is 3.60. The van der Waals surface area contributed by atoms with Crippen molar-refractivity contribution in [2.75, 3.05) is 5.75 Å². The van der Waals surface area contributed by atoms with Crippen LogP contribution in [0.1, 0.15) is 12.0 Å². The van der Waals surface area contributed by atoms with Gasteiger partial charge in [-0.2, -0.15) is 0 Å². The number of aryl methyl sites for hydroxylation is 1. The minimum Gasteiger partial charge on any atom is -0.337 e. The molecule has 0 radical (unpaired) electrons. The molecule has 0 aliphatic carbocycles. The number of benzene rings is 1. The van der Waals surface area contributed by atoms with Gasteiger partial charge in [0.15, 0.2) is 0 Å². The third-order valence-electron chi connectivity index (χ3n) is 2.52. The van der Waals surface area contributed by atoms with E-state index >= 15 is 0 Å². The first-order chi connectivity index (χ1) is 8.38. The summed E-state index contributed by atoms with van der Waals surface area (Å²) in [6.07, 6.45) is 6.82. The number of imidazole rings is 1. The Morgan fingerprint density at radius 3 is 3.06 bits per heavy atom. The predicted molar refractivity (Wildman–Crippen MR) is 71.9 cm³/mol. The lowest BCUT2D eigenvalue weighted by Crippen LogP contribution is -1.97. The molecule has 4 heteroatoms. The van der Waals surface area contributed by atoms with Crippen molar-refractivity contribution in [3.8, 4) is 0 Å². The second kappa shape index (κ2) is 6.47. The highest BCUT2D eigenvalue weighted by Gasteiger charge is 1.96. The largest absolute Gasteiger partial charge is 0.337 e. The van der Waals surface area contributed by atoms with Crippen LogP contribution in [0, 0.1) is 0 Å². The van der Waals surface area contributed by atoms with Crippen LogP contribution in [-0.4, -0.2) is 15.3 Å². The number of nitrogens with zero attached hydrogens (tertiary/aromatic N) is 2. The quantitative estimate of drug-likeness (QED) is 0.630. The summed E-state index contributed by atoms with van der Waals surface area (Å²) in [5.74, 6) is 1.12. The van der Waals surface area contributed by atoms with E-state index in [2.05, 4.69) is 33.8 Å². The fourth-order valence-corrected chi connectivity index (χ4v) is 2.54. The molecule has 0 aliphatic rings. The van der Waals surface area contributed by atoms with Crippen LogP contribution in [-0.2, 0) is 13.1 Å². The predicted octanol–water partition coefficient (Wildman–Crippen LogP) is 2.52. The molecule has 0 atom stereocenters. The Kier molecular flexibility index (Phi) is 4.64. The molecule has 0 spiro atoms. The molecular weight excluding hydrogens is 230 g/mol. The minimum atomic E-state index is 0.615. The lowest BCUT2D eigenvalue weighted by Gasteiger charge is -2.04. The average molecular weight is 247 g/mol. The second-order valence-electron chi connectivity index (χ2n) is 3.85. The fourth-order valence-electron chi connectivity index (χ4n) is 1.62. The Labute approximate surface area is 106 Å². The maximum atomic E-state index is 5.62. The Balaban J connectivity index is 1.74. The van der Waals surface area contributed by atoms with E-state index in [9.17, 15) is 0 Å². The smallest absolute Gasteiger partial charge is 0.0945 e. The molecule has 3 nitrogen and oxygen atoms in total. The molecule has 0 fully saturated rings. The van der Waals surface area contributed by atoms with Crippen LogP contribution in [0.25, 0.3) is 0 Å². The van der Waals surface area contributed by atoms with Crippen molar-refractivity contribution in [1.29, 1.82) is 0 Å². The summed E-state index contributed by atoms with van der Waals surface area (Å²) < 4.78 is 2.11. The van der Waals surface area contributed by atoms with Gasteiger partial charge in [0.05, 0.1) is 6.33 Å². The highest BCUT2D eigenvalue weighted by Crippen LogP contribution is 2.19. The summed E-state index contributed by atoms with van der Waals surface area (Å²) in [5.41, 5.74) is 6.82. The molecule has 2 aromatic rings. The first-order valence-electron chi connectivity index (χ1n) is 5.76. The first kappa shape index (κ1) is 12.2. The van der Waals surface area contributed by atoms with Crippen LogP contribution in [0.4, 0.5) is 0 Å². The van der Waals surface area contributed by atoms with Crippen molar-refractivity contribution in [1.82, 2.24) is 9.55 Å². The highest BCUT2D eigenvalue weighted by atomic mass is 32.2. The zero-order chi connectivity index (χ0) is 11.9. The van der Waals surface area contributed by atoms with Gasteiger partial charge >= 0.3 is 0 Å². The minimum absolute atomic E-state index is 0.615. The third kappa shape index (κ3) is 3.91. The summed E-state index contributed by atoms with van der Waals surface area (Å²) in [5, 5.41) is 0. The number of nitrogens with two attached hydrogens (primary N) is 1. The van der Waals surface area contributed by atoms with Gasteiger partial charge in [-0.3, -0.25) is 0 Å². The normalized spacial score (nSPS) is 10.6. The molecule has 0 aliphatic heterocycles. The van der Waals surface area contributed by atoms with E-state index in [4.69, 9.17) is 5.73 Å². The Morgan fingerprint density at radius 1 is 1.35 bits per heavy atom. The molecule has 0 bridgehead atoms. The van der Waals surface area contributed by atoms with Crippen molar-refractivity contribution >= 4 is 11.8 Å². The van der Waals surface area contributed by atoms with E-state index in [1.54, 1.807) is 0 Å². The molecule has 0 amide bonds. The van der Waals surface area contributed by atoms with E-state index in [1.807, 2.05) is 30.5 Å². The summed E-state index contributed by atoms with van der Waals surface area (Å²) in [7, 11) is 0. The standard InChI is InChI=1S/C13H17N3S/c14-10-12-3-1-4-13(9-12)17-8-2-6-16-7-5-15-11-16/h1,3-5,7,9,11H,2,6,8,10,14H2. The summed E-state index contributed by atoms with van der Waals surface area (Å²) in [6.45, 7) is 1.65. The molecule has 0 saturated carbocycles. The van der Waals surface area contributed by atoms with Gasteiger partial charge in [-0.15, -0.1) is 11.8 Å². The van der Waals surface area contributed by atoms with Crippen LogP contribution in [0.3, 0.4) is 0 Å². The van der Waals surface area contributed by atoms with Crippen molar-refractivity contribution in [3.05, 3.63) is 48.5 Å². The number of aromatic nitrogens is 2. The van der Waals surface area contributed by atoms with Crippen LogP contribution >= 0.6 is 11.8 Å². The summed E-state index contributed by atoms with van der Waals surface area (Å²) >= 11 is 1.88. The molecule has 1 heterocycles. The Morgan fingerprint density at radius 2 is 2.29 bits per heavy atom. The maximum absolute atomic E-state index is 5.62. The molecule has 0 saturated heterocycles. The van der Waals surface area contributed by atoms with Crippen LogP contribution in [0.15, 0.2) is 47.9 Å². The number of hydrogen-bond donors (Lipinski definition) is 1. The zero-order valence-corrected chi connectivity index (χ0v) is 10.6. The zero-order valence-electron chi connectivity index (χ0n) is 9.75. The lowest BCUT2D eigenvalue weighted by molar-refractivity contribution is 0.683. The molecule has 17 heavy (non-hydrogen) atoms. The second-order valence-corrected chi connectivity index (χ2v) is 5.02. The monoisotopic (exact) mass is 247 g/mol. The average Bonchev–Trinajstić information content (AvgIpc) is 2.88. The molecule has 90 valence electrons. The summed E-state index contributed by atoms with van der Waals surface area (Å²) in [6, 6.07) is 8.44. The topological polar surface area (TPSA) is 43.8 Å². The van der Waals surface area contributed by atoms with E-state index in [0.717, 1.165) is 18.7 Å². The SMILES string of the molecule is NCc1cccc(SCCCn2ccnc2)c1. The molecule has 1 aromatic heterocycles. The molecule has 0 unspecified atom stereocenters. The number of rotatable bonds is 6. The maximum Gasteiger partial charge on any atom is 0.0945 e. The Hall–Kier alpha value is -1.26.